The van der Waals surface area contributed by atoms with Crippen molar-refractivity contribution in [2.24, 2.45) is 0 Å². The molecule has 3 aromatic rings. The van der Waals surface area contributed by atoms with E-state index in [0.717, 1.165) is 18.4 Å². The van der Waals surface area contributed by atoms with Gasteiger partial charge in [0.15, 0.2) is 0 Å². The van der Waals surface area contributed by atoms with Crippen molar-refractivity contribution in [3.8, 4) is 0 Å². The third-order valence-electron chi connectivity index (χ3n) is 5.36. The average Bonchev–Trinajstić information content (AvgIpc) is 2.87. The number of carbonyl (C=O) groups is 3. The van der Waals surface area contributed by atoms with Crippen LogP contribution in [0, 0.1) is 0 Å². The van der Waals surface area contributed by atoms with Gasteiger partial charge in [-0.05, 0) is 43.0 Å². The fourth-order valence-electron chi connectivity index (χ4n) is 3.50. The number of carbonyl (C=O) groups excluding carboxylic acids is 3. The number of hydrogen-bond donors (Lipinski definition) is 2. The topological polar surface area (TPSA) is 84.5 Å². The first kappa shape index (κ1) is 24.7. The van der Waals surface area contributed by atoms with Crippen LogP contribution < -0.4 is 10.6 Å². The third kappa shape index (κ3) is 7.89. The van der Waals surface area contributed by atoms with Gasteiger partial charge in [-0.1, -0.05) is 72.8 Å². The van der Waals surface area contributed by atoms with E-state index in [4.69, 9.17) is 4.74 Å². The minimum absolute atomic E-state index is 0.0173. The van der Waals surface area contributed by atoms with Gasteiger partial charge >= 0.3 is 5.97 Å². The molecule has 6 heteroatoms. The van der Waals surface area contributed by atoms with Crippen LogP contribution in [0.3, 0.4) is 0 Å². The zero-order chi connectivity index (χ0) is 24.2. The van der Waals surface area contributed by atoms with Crippen LogP contribution in [0.5, 0.6) is 0 Å². The standard InChI is InChI=1S/C28H30N2O4/c1-21(23-14-6-3-7-15-23)29-28(33)24-16-8-9-17-25(24)30-26(31)18-19-27(32)34-20-10-13-22-11-4-2-5-12-22/h2-9,11-12,14-17,21H,10,13,18-20H2,1H3,(H,29,33)(H,30,31). The molecule has 176 valence electrons. The fraction of sp³-hybridized carbons (Fsp3) is 0.250. The molecule has 6 nitrogen and oxygen atoms in total. The Hall–Kier alpha value is -3.93. The van der Waals surface area contributed by atoms with Crippen LogP contribution in [-0.4, -0.2) is 24.4 Å². The lowest BCUT2D eigenvalue weighted by molar-refractivity contribution is -0.144. The monoisotopic (exact) mass is 458 g/mol. The molecular weight excluding hydrogens is 428 g/mol. The van der Waals surface area contributed by atoms with Crippen LogP contribution in [0.2, 0.25) is 0 Å². The Morgan fingerprint density at radius 2 is 1.47 bits per heavy atom. The Bertz CT molecular complexity index is 1080. The van der Waals surface area contributed by atoms with Gasteiger partial charge in [0.1, 0.15) is 0 Å². The van der Waals surface area contributed by atoms with E-state index in [2.05, 4.69) is 10.6 Å². The van der Waals surface area contributed by atoms with Gasteiger partial charge in [0.05, 0.1) is 30.3 Å². The molecule has 3 aromatic carbocycles. The SMILES string of the molecule is CC(NC(=O)c1ccccc1NC(=O)CCC(=O)OCCCc1ccccc1)c1ccccc1. The normalized spacial score (nSPS) is 11.3. The van der Waals surface area contributed by atoms with E-state index >= 15 is 0 Å². The number of hydrogen-bond acceptors (Lipinski definition) is 4. The van der Waals surface area contributed by atoms with Crippen molar-refractivity contribution in [1.29, 1.82) is 0 Å². The summed E-state index contributed by atoms with van der Waals surface area (Å²) >= 11 is 0. The highest BCUT2D eigenvalue weighted by molar-refractivity contribution is 6.04. The summed E-state index contributed by atoms with van der Waals surface area (Å²) < 4.78 is 5.23. The summed E-state index contributed by atoms with van der Waals surface area (Å²) in [6.45, 7) is 2.22. The number of aryl methyl sites for hydroxylation is 1. The first-order chi connectivity index (χ1) is 16.5. The highest BCUT2D eigenvalue weighted by Gasteiger charge is 2.16. The van der Waals surface area contributed by atoms with Gasteiger partial charge < -0.3 is 15.4 Å². The Kier molecular flexibility index (Phi) is 9.40. The summed E-state index contributed by atoms with van der Waals surface area (Å²) in [7, 11) is 0. The molecule has 0 aliphatic heterocycles. The van der Waals surface area contributed by atoms with Gasteiger partial charge in [-0.25, -0.2) is 0 Å². The fourth-order valence-corrected chi connectivity index (χ4v) is 3.50. The molecule has 0 heterocycles. The van der Waals surface area contributed by atoms with Crippen LogP contribution >= 0.6 is 0 Å². The van der Waals surface area contributed by atoms with Gasteiger partial charge in [0.25, 0.3) is 5.91 Å². The van der Waals surface area contributed by atoms with Crippen LogP contribution in [-0.2, 0) is 20.7 Å². The quantitative estimate of drug-likeness (QED) is 0.310. The Morgan fingerprint density at radius 1 is 0.824 bits per heavy atom. The van der Waals surface area contributed by atoms with Crippen molar-refractivity contribution in [3.05, 3.63) is 102 Å². The molecule has 34 heavy (non-hydrogen) atoms. The lowest BCUT2D eigenvalue weighted by Gasteiger charge is -2.16. The maximum atomic E-state index is 12.8. The Labute approximate surface area is 200 Å². The number of ether oxygens (including phenoxy) is 1. The maximum absolute atomic E-state index is 12.8. The number of rotatable bonds is 11. The number of benzene rings is 3. The van der Waals surface area contributed by atoms with E-state index in [-0.39, 0.29) is 30.7 Å². The van der Waals surface area contributed by atoms with Crippen LogP contribution in [0.25, 0.3) is 0 Å². The molecule has 0 saturated carbocycles. The third-order valence-corrected chi connectivity index (χ3v) is 5.36. The molecular formula is C28H30N2O4. The second-order valence-corrected chi connectivity index (χ2v) is 8.01. The molecule has 0 spiro atoms. The lowest BCUT2D eigenvalue weighted by atomic mass is 10.1. The number of amides is 2. The maximum Gasteiger partial charge on any atom is 0.306 e. The van der Waals surface area contributed by atoms with E-state index in [0.29, 0.717) is 17.9 Å². The van der Waals surface area contributed by atoms with Gasteiger partial charge in [0.2, 0.25) is 5.91 Å². The van der Waals surface area contributed by atoms with Crippen LogP contribution in [0.4, 0.5) is 5.69 Å². The lowest BCUT2D eigenvalue weighted by Crippen LogP contribution is -2.28. The van der Waals surface area contributed by atoms with Crippen molar-refractivity contribution in [1.82, 2.24) is 5.32 Å². The van der Waals surface area contributed by atoms with Crippen LogP contribution in [0.15, 0.2) is 84.9 Å². The first-order valence-corrected chi connectivity index (χ1v) is 11.5. The predicted octanol–water partition coefficient (Wildman–Crippen LogP) is 5.07. The smallest absolute Gasteiger partial charge is 0.306 e. The first-order valence-electron chi connectivity index (χ1n) is 11.5. The van der Waals surface area contributed by atoms with Crippen molar-refractivity contribution in [2.75, 3.05) is 11.9 Å². The summed E-state index contributed by atoms with van der Waals surface area (Å²) in [6, 6.07) is 26.3. The molecule has 2 N–H and O–H groups in total. The number of esters is 1. The minimum atomic E-state index is -0.411. The van der Waals surface area contributed by atoms with E-state index in [1.54, 1.807) is 24.3 Å². The number of anilines is 1. The molecule has 0 aromatic heterocycles. The minimum Gasteiger partial charge on any atom is -0.466 e. The summed E-state index contributed by atoms with van der Waals surface area (Å²) in [4.78, 5) is 37.2. The van der Waals surface area contributed by atoms with Crippen molar-refractivity contribution in [2.45, 2.75) is 38.6 Å². The second kappa shape index (κ2) is 12.9. The summed E-state index contributed by atoms with van der Waals surface area (Å²) in [6.07, 6.45) is 1.52. The molecule has 1 unspecified atom stereocenters. The Balaban J connectivity index is 1.44. The highest BCUT2D eigenvalue weighted by atomic mass is 16.5. The number of nitrogens with one attached hydrogen (secondary N) is 2. The van der Waals surface area contributed by atoms with Crippen molar-refractivity contribution in [3.63, 3.8) is 0 Å². The summed E-state index contributed by atoms with van der Waals surface area (Å²) in [5.74, 6) is -1.05. The average molecular weight is 459 g/mol. The van der Waals surface area contributed by atoms with Crippen molar-refractivity contribution >= 4 is 23.5 Å². The van der Waals surface area contributed by atoms with Gasteiger partial charge in [-0.15, -0.1) is 0 Å². The summed E-state index contributed by atoms with van der Waals surface area (Å²) in [5, 5.41) is 5.69. The van der Waals surface area contributed by atoms with E-state index in [9.17, 15) is 14.4 Å². The Morgan fingerprint density at radius 3 is 2.21 bits per heavy atom. The molecule has 0 aliphatic carbocycles. The molecule has 0 fully saturated rings. The zero-order valence-electron chi connectivity index (χ0n) is 19.3. The molecule has 1 atom stereocenters. The van der Waals surface area contributed by atoms with E-state index in [1.165, 1.54) is 5.56 Å². The molecule has 0 bridgehead atoms. The van der Waals surface area contributed by atoms with Gasteiger partial charge in [-0.3, -0.25) is 14.4 Å². The summed E-state index contributed by atoms with van der Waals surface area (Å²) in [5.41, 5.74) is 2.95. The predicted molar refractivity (Wildman–Crippen MR) is 132 cm³/mol. The van der Waals surface area contributed by atoms with Gasteiger partial charge in [0, 0.05) is 6.42 Å². The number of para-hydroxylation sites is 1. The highest BCUT2D eigenvalue weighted by Crippen LogP contribution is 2.18. The van der Waals surface area contributed by atoms with Crippen molar-refractivity contribution < 1.29 is 19.1 Å². The molecule has 0 saturated heterocycles. The molecule has 2 amide bonds. The largest absolute Gasteiger partial charge is 0.466 e. The molecule has 0 aliphatic rings. The molecule has 0 radical (unpaired) electrons. The van der Waals surface area contributed by atoms with Gasteiger partial charge in [-0.2, -0.15) is 0 Å². The zero-order valence-corrected chi connectivity index (χ0v) is 19.3. The second-order valence-electron chi connectivity index (χ2n) is 8.01. The van der Waals surface area contributed by atoms with E-state index < -0.39 is 5.97 Å². The molecule has 3 rings (SSSR count). The van der Waals surface area contributed by atoms with Crippen LogP contribution in [0.1, 0.15) is 53.7 Å². The van der Waals surface area contributed by atoms with E-state index in [1.807, 2.05) is 67.6 Å².